The van der Waals surface area contributed by atoms with Gasteiger partial charge < -0.3 is 10.1 Å². The molecule has 1 amide bonds. The first-order valence-electron chi connectivity index (χ1n) is 8.99. The number of benzene rings is 2. The van der Waals surface area contributed by atoms with Gasteiger partial charge in [0, 0.05) is 13.0 Å². The average Bonchev–Trinajstić information content (AvgIpc) is 2.66. The number of carbonyl (C=O) groups excluding carboxylic acids is 1. The van der Waals surface area contributed by atoms with E-state index in [9.17, 15) is 39.6 Å². The molecule has 0 aliphatic heterocycles. The summed E-state index contributed by atoms with van der Waals surface area (Å²) in [6.45, 7) is 1.13. The van der Waals surface area contributed by atoms with Crippen molar-refractivity contribution in [1.82, 2.24) is 10.0 Å². The number of nitrogens with one attached hydrogen (secondary N) is 2. The van der Waals surface area contributed by atoms with Crippen molar-refractivity contribution in [2.45, 2.75) is 36.8 Å². The third-order valence-corrected chi connectivity index (χ3v) is 5.58. The Labute approximate surface area is 179 Å². The molecule has 13 heteroatoms. The van der Waals surface area contributed by atoms with Gasteiger partial charge in [-0.15, -0.1) is 13.2 Å². The number of halogens is 6. The summed E-state index contributed by atoms with van der Waals surface area (Å²) in [6.07, 6.45) is -9.77. The molecule has 1 atom stereocenters. The van der Waals surface area contributed by atoms with Crippen LogP contribution in [0, 0.1) is 0 Å². The van der Waals surface area contributed by atoms with Gasteiger partial charge in [0.05, 0.1) is 16.5 Å². The van der Waals surface area contributed by atoms with Crippen molar-refractivity contribution in [3.05, 3.63) is 59.7 Å². The van der Waals surface area contributed by atoms with Crippen LogP contribution in [0.1, 0.15) is 30.5 Å². The van der Waals surface area contributed by atoms with Crippen LogP contribution in [0.5, 0.6) is 5.75 Å². The Kier molecular flexibility index (Phi) is 7.78. The van der Waals surface area contributed by atoms with Gasteiger partial charge in [-0.25, -0.2) is 13.1 Å². The predicted molar refractivity (Wildman–Crippen MR) is 101 cm³/mol. The van der Waals surface area contributed by atoms with E-state index >= 15 is 0 Å². The van der Waals surface area contributed by atoms with Crippen LogP contribution in [0.25, 0.3) is 0 Å². The molecule has 2 rings (SSSR count). The van der Waals surface area contributed by atoms with Crippen molar-refractivity contribution in [3.63, 3.8) is 0 Å². The van der Waals surface area contributed by atoms with Gasteiger partial charge in [-0.1, -0.05) is 12.1 Å². The second-order valence-corrected chi connectivity index (χ2v) is 8.35. The van der Waals surface area contributed by atoms with Crippen LogP contribution in [0.2, 0.25) is 0 Å². The summed E-state index contributed by atoms with van der Waals surface area (Å²) < 4.78 is 105. The molecule has 32 heavy (non-hydrogen) atoms. The van der Waals surface area contributed by atoms with E-state index in [-0.39, 0.29) is 23.4 Å². The first kappa shape index (κ1) is 25.5. The molecule has 0 fully saturated rings. The number of carbonyl (C=O) groups is 1. The van der Waals surface area contributed by atoms with E-state index in [1.165, 1.54) is 19.1 Å². The summed E-state index contributed by atoms with van der Waals surface area (Å²) in [4.78, 5) is 11.7. The standard InChI is InChI=1S/C19H18F6N2O4S/c1-12(13-3-2-4-14(11-13)18(20,21)22)27-17(28)9-10-26-32(29,30)16-7-5-15(6-8-16)31-19(23,24)25/h2-8,11-12,26H,9-10H2,1H3,(H,27,28). The van der Waals surface area contributed by atoms with Crippen LogP contribution >= 0.6 is 0 Å². The molecule has 2 aromatic rings. The highest BCUT2D eigenvalue weighted by Crippen LogP contribution is 2.30. The van der Waals surface area contributed by atoms with E-state index < -0.39 is 45.8 Å². The predicted octanol–water partition coefficient (Wildman–Crippen LogP) is 4.15. The Hall–Kier alpha value is -2.80. The van der Waals surface area contributed by atoms with E-state index in [0.29, 0.717) is 0 Å². The number of hydrogen-bond donors (Lipinski definition) is 2. The highest BCUT2D eigenvalue weighted by molar-refractivity contribution is 7.89. The molecule has 0 radical (unpaired) electrons. The zero-order valence-electron chi connectivity index (χ0n) is 16.4. The lowest BCUT2D eigenvalue weighted by Crippen LogP contribution is -2.32. The molecule has 0 bridgehead atoms. The van der Waals surface area contributed by atoms with Crippen molar-refractivity contribution in [2.24, 2.45) is 0 Å². The van der Waals surface area contributed by atoms with E-state index in [1.807, 2.05) is 0 Å². The topological polar surface area (TPSA) is 84.5 Å². The van der Waals surface area contributed by atoms with E-state index in [2.05, 4.69) is 14.8 Å². The minimum absolute atomic E-state index is 0.218. The minimum Gasteiger partial charge on any atom is -0.406 e. The fourth-order valence-corrected chi connectivity index (χ4v) is 3.62. The highest BCUT2D eigenvalue weighted by atomic mass is 32.2. The van der Waals surface area contributed by atoms with Crippen molar-refractivity contribution in [1.29, 1.82) is 0 Å². The Morgan fingerprint density at radius 2 is 1.66 bits per heavy atom. The number of amides is 1. The first-order valence-corrected chi connectivity index (χ1v) is 10.5. The zero-order chi connectivity index (χ0) is 24.2. The number of hydrogen-bond acceptors (Lipinski definition) is 4. The summed E-state index contributed by atoms with van der Waals surface area (Å²) in [6, 6.07) is 7.11. The molecule has 1 unspecified atom stereocenters. The number of sulfonamides is 1. The first-order chi connectivity index (χ1) is 14.7. The number of alkyl halides is 6. The van der Waals surface area contributed by atoms with Crippen LogP contribution in [0.4, 0.5) is 26.3 Å². The molecule has 0 aliphatic carbocycles. The molecule has 0 aromatic heterocycles. The summed E-state index contributed by atoms with van der Waals surface area (Å²) in [5.74, 6) is -1.22. The second kappa shape index (κ2) is 9.77. The van der Waals surface area contributed by atoms with Crippen molar-refractivity contribution < 1.29 is 44.3 Å². The molecule has 0 spiro atoms. The maximum absolute atomic E-state index is 12.8. The monoisotopic (exact) mass is 484 g/mol. The van der Waals surface area contributed by atoms with E-state index in [1.54, 1.807) is 0 Å². The Balaban J connectivity index is 1.89. The molecular weight excluding hydrogens is 466 g/mol. The van der Waals surface area contributed by atoms with Crippen LogP contribution in [0.3, 0.4) is 0 Å². The molecule has 0 saturated carbocycles. The maximum Gasteiger partial charge on any atom is 0.573 e. The van der Waals surface area contributed by atoms with Gasteiger partial charge in [-0.2, -0.15) is 13.2 Å². The SMILES string of the molecule is CC(NC(=O)CCNS(=O)(=O)c1ccc(OC(F)(F)F)cc1)c1cccc(C(F)(F)F)c1. The largest absolute Gasteiger partial charge is 0.573 e. The van der Waals surface area contributed by atoms with Crippen LogP contribution in [-0.2, 0) is 21.0 Å². The number of ether oxygens (including phenoxy) is 1. The molecule has 2 aromatic carbocycles. The Morgan fingerprint density at radius 1 is 1.03 bits per heavy atom. The lowest BCUT2D eigenvalue weighted by molar-refractivity contribution is -0.274. The fraction of sp³-hybridized carbons (Fsp3) is 0.316. The molecule has 2 N–H and O–H groups in total. The zero-order valence-corrected chi connectivity index (χ0v) is 17.2. The average molecular weight is 484 g/mol. The molecular formula is C19H18F6N2O4S. The molecule has 176 valence electrons. The molecule has 0 heterocycles. The van der Waals surface area contributed by atoms with Gasteiger partial charge in [0.25, 0.3) is 0 Å². The van der Waals surface area contributed by atoms with Gasteiger partial charge in [-0.05, 0) is 48.9 Å². The number of rotatable bonds is 8. The molecule has 0 aliphatic rings. The fourth-order valence-electron chi connectivity index (χ4n) is 2.58. The summed E-state index contributed by atoms with van der Waals surface area (Å²) >= 11 is 0. The molecule has 0 saturated heterocycles. The normalized spacial score (nSPS) is 13.5. The Morgan fingerprint density at radius 3 is 2.22 bits per heavy atom. The molecule has 6 nitrogen and oxygen atoms in total. The van der Waals surface area contributed by atoms with Crippen molar-refractivity contribution in [3.8, 4) is 5.75 Å². The van der Waals surface area contributed by atoms with Crippen LogP contribution < -0.4 is 14.8 Å². The lowest BCUT2D eigenvalue weighted by Gasteiger charge is -2.16. The summed E-state index contributed by atoms with van der Waals surface area (Å²) in [5, 5.41) is 2.47. The highest BCUT2D eigenvalue weighted by Gasteiger charge is 2.31. The van der Waals surface area contributed by atoms with Crippen molar-refractivity contribution >= 4 is 15.9 Å². The third kappa shape index (κ3) is 7.71. The van der Waals surface area contributed by atoms with Crippen LogP contribution in [-0.4, -0.2) is 27.2 Å². The summed E-state index contributed by atoms with van der Waals surface area (Å²) in [5.41, 5.74) is -0.648. The third-order valence-electron chi connectivity index (χ3n) is 4.10. The van der Waals surface area contributed by atoms with Gasteiger partial charge in [0.1, 0.15) is 5.75 Å². The smallest absolute Gasteiger partial charge is 0.406 e. The quantitative estimate of drug-likeness (QED) is 0.552. The van der Waals surface area contributed by atoms with Crippen LogP contribution in [0.15, 0.2) is 53.4 Å². The van der Waals surface area contributed by atoms with E-state index in [0.717, 1.165) is 36.4 Å². The Bertz CT molecular complexity index is 1040. The minimum atomic E-state index is -4.92. The van der Waals surface area contributed by atoms with Crippen molar-refractivity contribution in [2.75, 3.05) is 6.54 Å². The summed E-state index contributed by atoms with van der Waals surface area (Å²) in [7, 11) is -4.11. The van der Waals surface area contributed by atoms with Gasteiger partial charge >= 0.3 is 12.5 Å². The lowest BCUT2D eigenvalue weighted by atomic mass is 10.0. The maximum atomic E-state index is 12.8. The van der Waals surface area contributed by atoms with Gasteiger partial charge in [0.2, 0.25) is 15.9 Å². The van der Waals surface area contributed by atoms with Gasteiger partial charge in [-0.3, -0.25) is 4.79 Å². The van der Waals surface area contributed by atoms with E-state index in [4.69, 9.17) is 0 Å². The van der Waals surface area contributed by atoms with Gasteiger partial charge in [0.15, 0.2) is 0 Å². The second-order valence-electron chi connectivity index (χ2n) is 6.58.